The van der Waals surface area contributed by atoms with Crippen molar-refractivity contribution in [3.05, 3.63) is 42.4 Å². The van der Waals surface area contributed by atoms with Crippen LogP contribution in [0.2, 0.25) is 0 Å². The average molecular weight is 374 g/mol. The molecule has 2 aromatic heterocycles. The number of sulfone groups is 1. The van der Waals surface area contributed by atoms with Crippen LogP contribution in [0.25, 0.3) is 0 Å². The minimum atomic E-state index is -3.00. The van der Waals surface area contributed by atoms with Crippen molar-refractivity contribution < 1.29 is 8.42 Å². The fraction of sp³-hybridized carbons (Fsp3) is 0.471. The maximum atomic E-state index is 12.0. The molecule has 138 valence electrons. The zero-order valence-electron chi connectivity index (χ0n) is 14.6. The van der Waals surface area contributed by atoms with Gasteiger partial charge in [0.05, 0.1) is 17.5 Å². The Kier molecular flexibility index (Phi) is 4.49. The molecule has 1 N–H and O–H groups in total. The van der Waals surface area contributed by atoms with Crippen LogP contribution >= 0.6 is 0 Å². The molecular weight excluding hydrogens is 352 g/mol. The van der Waals surface area contributed by atoms with Gasteiger partial charge in [0.15, 0.2) is 9.84 Å². The molecule has 2 aliphatic rings. The van der Waals surface area contributed by atoms with Gasteiger partial charge in [0.1, 0.15) is 5.82 Å². The van der Waals surface area contributed by atoms with E-state index in [1.54, 1.807) is 12.4 Å². The van der Waals surface area contributed by atoms with E-state index in [4.69, 9.17) is 4.98 Å². The summed E-state index contributed by atoms with van der Waals surface area (Å²) in [7, 11) is -1.06. The highest BCUT2D eigenvalue weighted by Gasteiger charge is 2.43. The maximum absolute atomic E-state index is 12.0. The molecule has 2 atom stereocenters. The molecule has 0 unspecified atom stereocenters. The van der Waals surface area contributed by atoms with E-state index in [1.807, 2.05) is 36.3 Å². The lowest BCUT2D eigenvalue weighted by Gasteiger charge is -2.38. The predicted octanol–water partition coefficient (Wildman–Crippen LogP) is 0.0832. The topological polar surface area (TPSA) is 91.3 Å². The molecule has 2 saturated heterocycles. The first-order chi connectivity index (χ1) is 12.5. The van der Waals surface area contributed by atoms with Crippen LogP contribution in [0, 0.1) is 0 Å². The number of nitrogens with one attached hydrogen (secondary N) is 1. The number of piperazine rings is 1. The van der Waals surface area contributed by atoms with Crippen LogP contribution in [0.15, 0.2) is 36.8 Å². The van der Waals surface area contributed by atoms with Crippen molar-refractivity contribution in [2.24, 2.45) is 0 Å². The van der Waals surface area contributed by atoms with Gasteiger partial charge >= 0.3 is 0 Å². The highest BCUT2D eigenvalue weighted by Crippen LogP contribution is 2.26. The van der Waals surface area contributed by atoms with Gasteiger partial charge < -0.3 is 15.1 Å². The minimum Gasteiger partial charge on any atom is -0.350 e. The average Bonchev–Trinajstić information content (AvgIpc) is 2.96. The monoisotopic (exact) mass is 374 g/mol. The summed E-state index contributed by atoms with van der Waals surface area (Å²) < 4.78 is 24.1. The van der Waals surface area contributed by atoms with Gasteiger partial charge in [-0.1, -0.05) is 6.07 Å². The number of hydrogen-bond donors (Lipinski definition) is 1. The number of nitrogens with zero attached hydrogens (tertiary/aromatic N) is 5. The largest absolute Gasteiger partial charge is 0.350 e. The van der Waals surface area contributed by atoms with Crippen molar-refractivity contribution in [1.29, 1.82) is 0 Å². The van der Waals surface area contributed by atoms with Gasteiger partial charge in [-0.3, -0.25) is 4.98 Å². The summed E-state index contributed by atoms with van der Waals surface area (Å²) >= 11 is 0. The maximum Gasteiger partial charge on any atom is 0.227 e. The fourth-order valence-electron chi connectivity index (χ4n) is 3.67. The number of anilines is 2. The van der Waals surface area contributed by atoms with Crippen LogP contribution < -0.4 is 15.1 Å². The smallest absolute Gasteiger partial charge is 0.227 e. The number of fused-ring (bicyclic) bond motifs is 1. The molecule has 0 aliphatic carbocycles. The zero-order valence-corrected chi connectivity index (χ0v) is 15.4. The summed E-state index contributed by atoms with van der Waals surface area (Å²) in [6.07, 6.45) is 5.31. The minimum absolute atomic E-state index is 0.0275. The summed E-state index contributed by atoms with van der Waals surface area (Å²) in [5.74, 6) is 1.77. The molecule has 2 aromatic rings. The zero-order chi connectivity index (χ0) is 18.1. The Hall–Kier alpha value is -2.26. The van der Waals surface area contributed by atoms with E-state index in [1.165, 1.54) is 0 Å². The highest BCUT2D eigenvalue weighted by molar-refractivity contribution is 7.91. The van der Waals surface area contributed by atoms with E-state index < -0.39 is 9.84 Å². The van der Waals surface area contributed by atoms with E-state index in [2.05, 4.69) is 20.2 Å². The molecule has 0 spiro atoms. The van der Waals surface area contributed by atoms with Crippen molar-refractivity contribution >= 4 is 21.6 Å². The molecule has 0 radical (unpaired) electrons. The number of hydrogen-bond acceptors (Lipinski definition) is 8. The second-order valence-corrected chi connectivity index (χ2v) is 8.98. The van der Waals surface area contributed by atoms with Crippen molar-refractivity contribution in [2.45, 2.75) is 18.6 Å². The van der Waals surface area contributed by atoms with Crippen molar-refractivity contribution in [3.8, 4) is 0 Å². The number of rotatable bonds is 4. The Morgan fingerprint density at radius 1 is 1.31 bits per heavy atom. The van der Waals surface area contributed by atoms with E-state index in [0.717, 1.165) is 24.5 Å². The summed E-state index contributed by atoms with van der Waals surface area (Å²) in [6.45, 7) is 2.14. The van der Waals surface area contributed by atoms with E-state index in [9.17, 15) is 8.42 Å². The molecule has 0 saturated carbocycles. The molecule has 0 amide bonds. The van der Waals surface area contributed by atoms with E-state index >= 15 is 0 Å². The number of aromatic nitrogens is 3. The first-order valence-corrected chi connectivity index (χ1v) is 10.5. The Morgan fingerprint density at radius 3 is 3.00 bits per heavy atom. The molecular formula is C17H22N6O2S. The SMILES string of the molecule is CN(Cc1cccnc1)c1nccc(N2CCN[C@@H]3CS(=O)(=O)C[C@@H]32)n1. The Labute approximate surface area is 153 Å². The van der Waals surface area contributed by atoms with Crippen LogP contribution in [0.4, 0.5) is 11.8 Å². The van der Waals surface area contributed by atoms with Crippen LogP contribution in [-0.2, 0) is 16.4 Å². The van der Waals surface area contributed by atoms with Gasteiger partial charge in [-0.05, 0) is 17.7 Å². The van der Waals surface area contributed by atoms with Gasteiger partial charge in [0.2, 0.25) is 5.95 Å². The normalized spacial score (nSPS) is 24.3. The van der Waals surface area contributed by atoms with Gasteiger partial charge in [0, 0.05) is 51.3 Å². The Bertz CT molecular complexity index is 876. The second kappa shape index (κ2) is 6.81. The van der Waals surface area contributed by atoms with E-state index in [-0.39, 0.29) is 23.6 Å². The molecule has 4 rings (SSSR count). The third-order valence-corrected chi connectivity index (χ3v) is 6.60. The van der Waals surface area contributed by atoms with Crippen LogP contribution in [0.5, 0.6) is 0 Å². The van der Waals surface area contributed by atoms with Crippen molar-refractivity contribution in [3.63, 3.8) is 0 Å². The third kappa shape index (κ3) is 3.49. The lowest BCUT2D eigenvalue weighted by atomic mass is 10.1. The Balaban J connectivity index is 1.55. The van der Waals surface area contributed by atoms with Crippen LogP contribution in [0.1, 0.15) is 5.56 Å². The summed E-state index contributed by atoms with van der Waals surface area (Å²) in [5, 5.41) is 3.32. The van der Waals surface area contributed by atoms with Gasteiger partial charge in [0.25, 0.3) is 0 Å². The van der Waals surface area contributed by atoms with E-state index in [0.29, 0.717) is 12.5 Å². The number of pyridine rings is 1. The van der Waals surface area contributed by atoms with Gasteiger partial charge in [-0.25, -0.2) is 13.4 Å². The molecule has 26 heavy (non-hydrogen) atoms. The molecule has 2 fully saturated rings. The first kappa shape index (κ1) is 17.2. The standard InChI is InChI=1S/C17H22N6O2S/c1-22(10-13-3-2-5-18-9-13)17-20-6-4-16(21-17)23-8-7-19-14-11-26(24,25)12-15(14)23/h2-6,9,14-15,19H,7-8,10-12H2,1H3/t14-,15+/m1/s1. The Morgan fingerprint density at radius 2 is 2.19 bits per heavy atom. The third-order valence-electron chi connectivity index (χ3n) is 4.89. The van der Waals surface area contributed by atoms with Gasteiger partial charge in [-0.2, -0.15) is 4.98 Å². The van der Waals surface area contributed by atoms with Crippen molar-refractivity contribution in [1.82, 2.24) is 20.3 Å². The quantitative estimate of drug-likeness (QED) is 0.805. The highest BCUT2D eigenvalue weighted by atomic mass is 32.2. The fourth-order valence-corrected chi connectivity index (χ4v) is 5.63. The molecule has 2 aliphatic heterocycles. The van der Waals surface area contributed by atoms with Crippen molar-refractivity contribution in [2.75, 3.05) is 41.4 Å². The molecule has 0 aromatic carbocycles. The summed E-state index contributed by atoms with van der Waals surface area (Å²) in [4.78, 5) is 17.3. The second-order valence-electron chi connectivity index (χ2n) is 6.83. The summed E-state index contributed by atoms with van der Waals surface area (Å²) in [5.41, 5.74) is 1.08. The predicted molar refractivity (Wildman–Crippen MR) is 100.0 cm³/mol. The van der Waals surface area contributed by atoms with Gasteiger partial charge in [-0.15, -0.1) is 0 Å². The first-order valence-electron chi connectivity index (χ1n) is 8.65. The molecule has 0 bridgehead atoms. The lowest BCUT2D eigenvalue weighted by Crippen LogP contribution is -2.57. The summed E-state index contributed by atoms with van der Waals surface area (Å²) in [6, 6.07) is 5.68. The molecule has 9 heteroatoms. The molecule has 4 heterocycles. The lowest BCUT2D eigenvalue weighted by molar-refractivity contribution is 0.422. The van der Waals surface area contributed by atoms with Crippen LogP contribution in [0.3, 0.4) is 0 Å². The molecule has 8 nitrogen and oxygen atoms in total. The van der Waals surface area contributed by atoms with Crippen LogP contribution in [-0.4, -0.2) is 67.1 Å².